The number of thiophene rings is 1. The van der Waals surface area contributed by atoms with Crippen LogP contribution in [-0.2, 0) is 0 Å². The van der Waals surface area contributed by atoms with Crippen LogP contribution in [0.5, 0.6) is 0 Å². The summed E-state index contributed by atoms with van der Waals surface area (Å²) in [7, 11) is 0. The van der Waals surface area contributed by atoms with Gasteiger partial charge in [0.05, 0.1) is 16.7 Å². The van der Waals surface area contributed by atoms with E-state index >= 15 is 0 Å². The summed E-state index contributed by atoms with van der Waals surface area (Å²) in [5, 5.41) is 9.28. The van der Waals surface area contributed by atoms with E-state index in [4.69, 9.17) is 19.4 Å². The standard InChI is InChI=1S/C55H32N4OS/c1-3-13-33(14-4-1)34-23-25-36(26-24-34)54-56-53(35-15-5-2-6-16-35)57-55(58-54)37-27-28-39-44(31-37)52-45(41-19-9-12-22-49(41)61-52)32-47(39)59-46-20-10-7-17-38(46)42-29-30-43-40-18-8-11-21-48(40)60-51(43)50(42)59/h1-32H. The van der Waals surface area contributed by atoms with Gasteiger partial charge in [0.1, 0.15) is 5.58 Å². The Morgan fingerprint density at radius 2 is 0.918 bits per heavy atom. The third kappa shape index (κ3) is 5.29. The highest BCUT2D eigenvalue weighted by Crippen LogP contribution is 2.46. The fourth-order valence-electron chi connectivity index (χ4n) is 9.18. The molecule has 0 aliphatic rings. The van der Waals surface area contributed by atoms with Crippen molar-refractivity contribution in [3.05, 3.63) is 194 Å². The lowest BCUT2D eigenvalue weighted by Crippen LogP contribution is -2.00. The number of furan rings is 1. The molecule has 6 heteroatoms. The summed E-state index contributed by atoms with van der Waals surface area (Å²) in [5.74, 6) is 1.89. The smallest absolute Gasteiger partial charge is 0.164 e. The molecule has 4 aromatic heterocycles. The van der Waals surface area contributed by atoms with Crippen LogP contribution >= 0.6 is 11.3 Å². The number of benzene rings is 9. The zero-order valence-corrected chi connectivity index (χ0v) is 33.4. The second kappa shape index (κ2) is 13.3. The van der Waals surface area contributed by atoms with Gasteiger partial charge in [0.2, 0.25) is 0 Å². The molecule has 4 heterocycles. The van der Waals surface area contributed by atoms with Crippen LogP contribution in [0.2, 0.25) is 0 Å². The summed E-state index contributed by atoms with van der Waals surface area (Å²) in [4.78, 5) is 15.4. The normalized spacial score (nSPS) is 11.9. The quantitative estimate of drug-likeness (QED) is 0.174. The molecule has 0 amide bonds. The molecule has 0 atom stereocenters. The van der Waals surface area contributed by atoms with Crippen molar-refractivity contribution in [2.24, 2.45) is 0 Å². The molecule has 0 spiro atoms. The molecular formula is C55H32N4OS. The van der Waals surface area contributed by atoms with Gasteiger partial charge in [-0.3, -0.25) is 0 Å². The van der Waals surface area contributed by atoms with Gasteiger partial charge in [-0.2, -0.15) is 0 Å². The van der Waals surface area contributed by atoms with Crippen molar-refractivity contribution in [2.45, 2.75) is 0 Å². The maximum absolute atomic E-state index is 6.77. The molecule has 0 N–H and O–H groups in total. The molecule has 0 radical (unpaired) electrons. The van der Waals surface area contributed by atoms with Crippen LogP contribution in [0.15, 0.2) is 199 Å². The second-order valence-electron chi connectivity index (χ2n) is 15.5. The van der Waals surface area contributed by atoms with Crippen molar-refractivity contribution in [1.29, 1.82) is 0 Å². The first kappa shape index (κ1) is 34.0. The fraction of sp³-hybridized carbons (Fsp3) is 0. The Morgan fingerprint density at radius 3 is 1.70 bits per heavy atom. The number of fused-ring (bicyclic) bond motifs is 12. The second-order valence-corrected chi connectivity index (χ2v) is 16.6. The molecule has 0 saturated carbocycles. The van der Waals surface area contributed by atoms with E-state index in [1.165, 1.54) is 31.1 Å². The van der Waals surface area contributed by atoms with Crippen molar-refractivity contribution in [3.8, 4) is 51.0 Å². The van der Waals surface area contributed by atoms with Gasteiger partial charge in [0.15, 0.2) is 23.1 Å². The molecule has 61 heavy (non-hydrogen) atoms. The monoisotopic (exact) mass is 796 g/mol. The molecular weight excluding hydrogens is 765 g/mol. The van der Waals surface area contributed by atoms with Crippen LogP contribution in [0.25, 0.3) is 126 Å². The third-order valence-corrected chi connectivity index (χ3v) is 13.3. The molecule has 13 aromatic rings. The molecule has 9 aromatic carbocycles. The third-order valence-electron chi connectivity index (χ3n) is 12.1. The van der Waals surface area contributed by atoms with Gasteiger partial charge in [-0.25, -0.2) is 15.0 Å². The predicted octanol–water partition coefficient (Wildman–Crippen LogP) is 15.1. The summed E-state index contributed by atoms with van der Waals surface area (Å²) in [6.45, 7) is 0. The molecule has 0 bridgehead atoms. The Hall–Kier alpha value is -7.93. The van der Waals surface area contributed by atoms with E-state index in [1.807, 2.05) is 41.7 Å². The maximum Gasteiger partial charge on any atom is 0.164 e. The zero-order valence-electron chi connectivity index (χ0n) is 32.6. The molecule has 13 rings (SSSR count). The molecule has 284 valence electrons. The van der Waals surface area contributed by atoms with E-state index in [0.717, 1.165) is 77.1 Å². The molecule has 0 aliphatic carbocycles. The van der Waals surface area contributed by atoms with Gasteiger partial charge < -0.3 is 8.98 Å². The van der Waals surface area contributed by atoms with Crippen LogP contribution < -0.4 is 0 Å². The van der Waals surface area contributed by atoms with Crippen LogP contribution in [-0.4, -0.2) is 19.5 Å². The lowest BCUT2D eigenvalue weighted by molar-refractivity contribution is 0.671. The Bertz CT molecular complexity index is 3870. The minimum absolute atomic E-state index is 0.624. The molecule has 0 saturated heterocycles. The minimum Gasteiger partial charge on any atom is -0.454 e. The minimum atomic E-state index is 0.624. The van der Waals surface area contributed by atoms with Gasteiger partial charge in [-0.15, -0.1) is 11.3 Å². The summed E-state index contributed by atoms with van der Waals surface area (Å²) in [6, 6.07) is 68.4. The topological polar surface area (TPSA) is 56.7 Å². The number of hydrogen-bond donors (Lipinski definition) is 0. The lowest BCUT2D eigenvalue weighted by Gasteiger charge is -2.14. The molecule has 0 fully saturated rings. The van der Waals surface area contributed by atoms with E-state index in [9.17, 15) is 0 Å². The first-order valence-electron chi connectivity index (χ1n) is 20.4. The highest BCUT2D eigenvalue weighted by atomic mass is 32.1. The first-order chi connectivity index (χ1) is 30.2. The van der Waals surface area contributed by atoms with Gasteiger partial charge in [0, 0.05) is 69.2 Å². The summed E-state index contributed by atoms with van der Waals surface area (Å²) >= 11 is 1.83. The van der Waals surface area contributed by atoms with Gasteiger partial charge in [0.25, 0.3) is 0 Å². The van der Waals surface area contributed by atoms with Crippen molar-refractivity contribution < 1.29 is 4.42 Å². The highest BCUT2D eigenvalue weighted by molar-refractivity contribution is 7.26. The number of nitrogens with zero attached hydrogens (tertiary/aromatic N) is 4. The summed E-state index contributed by atoms with van der Waals surface area (Å²) in [6.07, 6.45) is 0. The first-order valence-corrected chi connectivity index (χ1v) is 21.2. The fourth-order valence-corrected chi connectivity index (χ4v) is 10.4. The Kier molecular flexibility index (Phi) is 7.41. The number of hydrogen-bond acceptors (Lipinski definition) is 5. The molecule has 0 unspecified atom stereocenters. The average Bonchev–Trinajstić information content (AvgIpc) is 4.01. The number of para-hydroxylation sites is 2. The van der Waals surface area contributed by atoms with Crippen LogP contribution in [0, 0.1) is 0 Å². The average molecular weight is 797 g/mol. The van der Waals surface area contributed by atoms with Gasteiger partial charge in [-0.1, -0.05) is 158 Å². The van der Waals surface area contributed by atoms with Crippen molar-refractivity contribution in [1.82, 2.24) is 19.5 Å². The van der Waals surface area contributed by atoms with E-state index in [-0.39, 0.29) is 0 Å². The van der Waals surface area contributed by atoms with E-state index in [0.29, 0.717) is 17.5 Å². The van der Waals surface area contributed by atoms with Crippen LogP contribution in [0.3, 0.4) is 0 Å². The van der Waals surface area contributed by atoms with Crippen molar-refractivity contribution in [3.63, 3.8) is 0 Å². The highest BCUT2D eigenvalue weighted by Gasteiger charge is 2.23. The zero-order chi connectivity index (χ0) is 40.0. The van der Waals surface area contributed by atoms with Crippen molar-refractivity contribution >= 4 is 86.0 Å². The largest absolute Gasteiger partial charge is 0.454 e. The Morgan fingerprint density at radius 1 is 0.377 bits per heavy atom. The summed E-state index contributed by atoms with van der Waals surface area (Å²) in [5.41, 5.74) is 10.2. The van der Waals surface area contributed by atoms with Crippen molar-refractivity contribution in [2.75, 3.05) is 0 Å². The SMILES string of the molecule is c1ccc(-c2ccc(-c3nc(-c4ccccc4)nc(-c4ccc5c(-n6c7ccccc7c7ccc8c9ccccc9oc8c76)cc6c7ccccc7sc6c5c4)n3)cc2)cc1. The predicted molar refractivity (Wildman–Crippen MR) is 254 cm³/mol. The molecule has 0 aliphatic heterocycles. The van der Waals surface area contributed by atoms with E-state index in [2.05, 4.69) is 168 Å². The maximum atomic E-state index is 6.77. The Balaban J connectivity index is 1.08. The van der Waals surface area contributed by atoms with Crippen LogP contribution in [0.4, 0.5) is 0 Å². The lowest BCUT2D eigenvalue weighted by atomic mass is 10.0. The van der Waals surface area contributed by atoms with E-state index < -0.39 is 0 Å². The molecule has 5 nitrogen and oxygen atoms in total. The summed E-state index contributed by atoms with van der Waals surface area (Å²) < 4.78 is 11.7. The Labute approximate surface area is 353 Å². The number of aromatic nitrogens is 4. The van der Waals surface area contributed by atoms with Gasteiger partial charge in [-0.05, 0) is 47.5 Å². The number of rotatable bonds is 5. The van der Waals surface area contributed by atoms with E-state index in [1.54, 1.807) is 0 Å². The van der Waals surface area contributed by atoms with Crippen LogP contribution in [0.1, 0.15) is 0 Å². The van der Waals surface area contributed by atoms with Gasteiger partial charge >= 0.3 is 0 Å².